The molecular formula is C31H28F3N5O4S. The number of carbonyl (C=O) groups is 1. The highest BCUT2D eigenvalue weighted by Crippen LogP contribution is 2.40. The van der Waals surface area contributed by atoms with Crippen molar-refractivity contribution in [2.24, 2.45) is 0 Å². The van der Waals surface area contributed by atoms with Crippen molar-refractivity contribution in [3.8, 4) is 22.2 Å². The molecule has 1 saturated carbocycles. The summed E-state index contributed by atoms with van der Waals surface area (Å²) in [5.74, 6) is -3.66. The van der Waals surface area contributed by atoms with Crippen LogP contribution in [0.5, 0.6) is 11.6 Å². The monoisotopic (exact) mass is 623 g/mol. The summed E-state index contributed by atoms with van der Waals surface area (Å²) in [5, 5.41) is 3.12. The number of hydrogen-bond acceptors (Lipinski definition) is 9. The Kier molecular flexibility index (Phi) is 7.97. The fourth-order valence-electron chi connectivity index (χ4n) is 5.07. The van der Waals surface area contributed by atoms with E-state index in [9.17, 15) is 13.6 Å². The minimum absolute atomic E-state index is 0.154. The molecular weight excluding hydrogens is 595 g/mol. The molecule has 9 nitrogen and oxygen atoms in total. The zero-order valence-electron chi connectivity index (χ0n) is 24.1. The summed E-state index contributed by atoms with van der Waals surface area (Å²) in [5.41, 5.74) is 4.41. The van der Waals surface area contributed by atoms with Crippen LogP contribution in [0.15, 0.2) is 48.8 Å². The Morgan fingerprint density at radius 2 is 1.91 bits per heavy atom. The first-order chi connectivity index (χ1) is 21.1. The minimum atomic E-state index is -3.06. The first kappa shape index (κ1) is 29.5. The molecule has 6 rings (SSSR count). The second-order valence-electron chi connectivity index (χ2n) is 10.6. The number of rotatable bonds is 7. The predicted molar refractivity (Wildman–Crippen MR) is 160 cm³/mol. The number of pyridine rings is 1. The summed E-state index contributed by atoms with van der Waals surface area (Å²) >= 11 is 1.28. The Hall–Kier alpha value is -4.52. The Morgan fingerprint density at radius 3 is 2.68 bits per heavy atom. The zero-order chi connectivity index (χ0) is 31.0. The van der Waals surface area contributed by atoms with Gasteiger partial charge in [0.1, 0.15) is 17.2 Å². The number of fused-ring (bicyclic) bond motifs is 2. The third kappa shape index (κ3) is 6.37. The summed E-state index contributed by atoms with van der Waals surface area (Å²) in [6.07, 6.45) is -1.54. The van der Waals surface area contributed by atoms with Crippen LogP contribution >= 0.6 is 11.3 Å². The number of nitrogens with zero attached hydrogens (tertiary/aromatic N) is 4. The van der Waals surface area contributed by atoms with Crippen molar-refractivity contribution in [1.82, 2.24) is 19.9 Å². The van der Waals surface area contributed by atoms with Gasteiger partial charge in [-0.2, -0.15) is 0 Å². The van der Waals surface area contributed by atoms with E-state index in [0.29, 0.717) is 44.4 Å². The molecule has 0 unspecified atom stereocenters. The van der Waals surface area contributed by atoms with Crippen LogP contribution in [-0.2, 0) is 4.74 Å². The van der Waals surface area contributed by atoms with Gasteiger partial charge in [0, 0.05) is 29.8 Å². The van der Waals surface area contributed by atoms with Gasteiger partial charge in [0.25, 0.3) is 5.92 Å². The van der Waals surface area contributed by atoms with E-state index in [0.717, 1.165) is 16.8 Å². The minimum Gasteiger partial charge on any atom is -0.483 e. The van der Waals surface area contributed by atoms with E-state index in [1.807, 2.05) is 26.0 Å². The first-order valence-electron chi connectivity index (χ1n) is 14.0. The number of halogens is 3. The number of aromatic nitrogens is 4. The predicted octanol–water partition coefficient (Wildman–Crippen LogP) is 7.64. The third-order valence-electron chi connectivity index (χ3n) is 7.14. The van der Waals surface area contributed by atoms with E-state index in [-0.39, 0.29) is 12.2 Å². The third-order valence-corrected chi connectivity index (χ3v) is 8.19. The fraction of sp³-hybridized carbons (Fsp3) is 0.323. The topological polar surface area (TPSA) is 108 Å². The number of ether oxygens (including phenoxy) is 3. The lowest BCUT2D eigenvalue weighted by molar-refractivity contribution is -0.114. The average Bonchev–Trinajstić information content (AvgIpc) is 3.38. The maximum atomic E-state index is 15.3. The largest absolute Gasteiger partial charge is 0.483 e. The van der Waals surface area contributed by atoms with Gasteiger partial charge < -0.3 is 14.2 Å². The molecule has 1 aliphatic carbocycles. The number of benzene rings is 2. The molecule has 3 aromatic heterocycles. The summed E-state index contributed by atoms with van der Waals surface area (Å²) in [7, 11) is 0. The molecule has 1 fully saturated rings. The van der Waals surface area contributed by atoms with Gasteiger partial charge in [-0.15, -0.1) is 11.3 Å². The van der Waals surface area contributed by atoms with Crippen LogP contribution in [0.3, 0.4) is 0 Å². The molecule has 2 aromatic carbocycles. The molecule has 0 radical (unpaired) electrons. The summed E-state index contributed by atoms with van der Waals surface area (Å²) in [4.78, 5) is 30.4. The Labute approximate surface area is 254 Å². The number of anilines is 1. The summed E-state index contributed by atoms with van der Waals surface area (Å²) < 4.78 is 61.6. The summed E-state index contributed by atoms with van der Waals surface area (Å²) in [6, 6.07) is 9.81. The van der Waals surface area contributed by atoms with E-state index < -0.39 is 42.9 Å². The second kappa shape index (κ2) is 11.9. The van der Waals surface area contributed by atoms with Crippen LogP contribution in [0.1, 0.15) is 37.4 Å². The van der Waals surface area contributed by atoms with Gasteiger partial charge in [0.2, 0.25) is 5.88 Å². The van der Waals surface area contributed by atoms with Crippen LogP contribution < -0.4 is 14.8 Å². The van der Waals surface area contributed by atoms with Crippen LogP contribution in [0, 0.1) is 19.7 Å². The molecule has 0 saturated heterocycles. The highest BCUT2D eigenvalue weighted by atomic mass is 32.1. The highest BCUT2D eigenvalue weighted by molar-refractivity contribution is 7.21. The molecule has 0 bridgehead atoms. The van der Waals surface area contributed by atoms with Crippen molar-refractivity contribution in [2.45, 2.75) is 58.2 Å². The van der Waals surface area contributed by atoms with Crippen molar-refractivity contribution in [1.29, 1.82) is 0 Å². The van der Waals surface area contributed by atoms with Gasteiger partial charge in [-0.25, -0.2) is 32.9 Å². The fourth-order valence-corrected chi connectivity index (χ4v) is 6.07. The number of hydrogen-bond donors (Lipinski definition) is 1. The molecule has 1 amide bonds. The lowest BCUT2D eigenvalue weighted by atomic mass is 9.91. The molecule has 3 heterocycles. The Morgan fingerprint density at radius 1 is 1.07 bits per heavy atom. The Balaban J connectivity index is 1.26. The quantitative estimate of drug-likeness (QED) is 0.197. The number of amides is 1. The van der Waals surface area contributed by atoms with Crippen molar-refractivity contribution in [3.05, 3.63) is 65.9 Å². The van der Waals surface area contributed by atoms with E-state index in [1.165, 1.54) is 29.7 Å². The zero-order valence-corrected chi connectivity index (χ0v) is 24.9. The van der Waals surface area contributed by atoms with Gasteiger partial charge in [0.05, 0.1) is 52.4 Å². The maximum absolute atomic E-state index is 15.3. The van der Waals surface area contributed by atoms with E-state index in [1.54, 1.807) is 25.3 Å². The molecule has 0 spiro atoms. The van der Waals surface area contributed by atoms with Gasteiger partial charge in [0.15, 0.2) is 11.6 Å². The van der Waals surface area contributed by atoms with Gasteiger partial charge >= 0.3 is 6.09 Å². The molecule has 0 aliphatic heterocycles. The molecule has 2 atom stereocenters. The van der Waals surface area contributed by atoms with Crippen LogP contribution in [-0.4, -0.2) is 50.8 Å². The molecule has 1 N–H and O–H groups in total. The molecule has 228 valence electrons. The molecule has 1 aliphatic rings. The van der Waals surface area contributed by atoms with Crippen molar-refractivity contribution in [3.63, 3.8) is 0 Å². The molecule has 13 heteroatoms. The maximum Gasteiger partial charge on any atom is 0.412 e. The van der Waals surface area contributed by atoms with Crippen molar-refractivity contribution >= 4 is 44.4 Å². The number of thiazole rings is 1. The lowest BCUT2D eigenvalue weighted by Crippen LogP contribution is -2.45. The summed E-state index contributed by atoms with van der Waals surface area (Å²) in [6.45, 7) is 6.04. The SMILES string of the molecule is CCOc1cnc2c(-c3nc4cc(F)c(O[C@H]5CC(F)(F)CC[C@H]5OC(=O)Nc5ccc(C)nc5)cc4s3)cc(C)cc2n1. The average molecular weight is 624 g/mol. The van der Waals surface area contributed by atoms with E-state index in [2.05, 4.69) is 25.3 Å². The van der Waals surface area contributed by atoms with Crippen LogP contribution in [0.2, 0.25) is 0 Å². The number of alkyl halides is 2. The van der Waals surface area contributed by atoms with Gasteiger partial charge in [-0.05, 0) is 57.0 Å². The van der Waals surface area contributed by atoms with Crippen molar-refractivity contribution < 1.29 is 32.2 Å². The number of nitrogens with one attached hydrogen (secondary N) is 1. The molecule has 5 aromatic rings. The molecule has 44 heavy (non-hydrogen) atoms. The van der Waals surface area contributed by atoms with Gasteiger partial charge in [-0.3, -0.25) is 10.3 Å². The van der Waals surface area contributed by atoms with E-state index >= 15 is 4.39 Å². The lowest BCUT2D eigenvalue weighted by Gasteiger charge is -2.35. The smallest absolute Gasteiger partial charge is 0.412 e. The Bertz CT molecular complexity index is 1850. The second-order valence-corrected chi connectivity index (χ2v) is 11.6. The van der Waals surface area contributed by atoms with Crippen molar-refractivity contribution in [2.75, 3.05) is 11.9 Å². The standard InChI is InChI=1S/C31H28F3N5O4S/c1-4-41-27-15-36-28-19(9-16(2)10-22(28)38-27)29-39-21-11-20(32)24(12-26(21)44-29)42-25-13-31(33,34)8-7-23(25)43-30(40)37-18-6-5-17(3)35-14-18/h5-6,9-12,14-15,23,25H,4,7-8,13H2,1-3H3,(H,37,40)/t23-,25+/m1/s1. The first-order valence-corrected chi connectivity index (χ1v) is 14.8. The highest BCUT2D eigenvalue weighted by Gasteiger charge is 2.45. The van der Waals surface area contributed by atoms with Crippen LogP contribution in [0.25, 0.3) is 31.8 Å². The normalized spacial score (nSPS) is 17.9. The number of aryl methyl sites for hydroxylation is 2. The van der Waals surface area contributed by atoms with Gasteiger partial charge in [-0.1, -0.05) is 0 Å². The van der Waals surface area contributed by atoms with Crippen LogP contribution in [0.4, 0.5) is 23.7 Å². The number of carbonyl (C=O) groups excluding carboxylic acids is 1. The van der Waals surface area contributed by atoms with E-state index in [4.69, 9.17) is 14.2 Å².